The van der Waals surface area contributed by atoms with Crippen molar-refractivity contribution in [2.24, 2.45) is 11.5 Å². The number of carboxylic acids is 1. The quantitative estimate of drug-likeness (QED) is 0.0813. The zero-order valence-corrected chi connectivity index (χ0v) is 25.1. The Morgan fingerprint density at radius 1 is 0.756 bits per heavy atom. The molecule has 45 heavy (non-hydrogen) atoms. The number of para-hydroxylation sites is 2. The lowest BCUT2D eigenvalue weighted by Crippen LogP contribution is -2.58. The Bertz CT molecular complexity index is 1630. The van der Waals surface area contributed by atoms with Crippen LogP contribution < -0.4 is 27.4 Å². The fraction of sp³-hybridized carbons (Fsp3) is 0.375. The Morgan fingerprint density at radius 2 is 1.24 bits per heavy atom. The van der Waals surface area contributed by atoms with E-state index in [1.165, 1.54) is 6.92 Å². The predicted molar refractivity (Wildman–Crippen MR) is 170 cm³/mol. The molecule has 5 unspecified atom stereocenters. The first-order chi connectivity index (χ1) is 21.6. The van der Waals surface area contributed by atoms with Gasteiger partial charge < -0.3 is 47.6 Å². The van der Waals surface area contributed by atoms with Crippen molar-refractivity contribution in [3.8, 4) is 0 Å². The van der Waals surface area contributed by atoms with E-state index in [-0.39, 0.29) is 19.3 Å². The number of aliphatic hydroxyl groups is 1. The number of amides is 3. The molecule has 11 N–H and O–H groups in total. The third-order valence-corrected chi connectivity index (χ3v) is 7.85. The van der Waals surface area contributed by atoms with Gasteiger partial charge in [-0.15, -0.1) is 0 Å². The van der Waals surface area contributed by atoms with Crippen molar-refractivity contribution < 1.29 is 29.4 Å². The van der Waals surface area contributed by atoms with Gasteiger partial charge in [-0.3, -0.25) is 14.4 Å². The van der Waals surface area contributed by atoms with Crippen molar-refractivity contribution in [2.45, 2.75) is 69.3 Å². The fourth-order valence-electron chi connectivity index (χ4n) is 5.24. The zero-order valence-electron chi connectivity index (χ0n) is 25.1. The molecule has 0 aliphatic carbocycles. The van der Waals surface area contributed by atoms with Gasteiger partial charge in [0.15, 0.2) is 0 Å². The van der Waals surface area contributed by atoms with Crippen LogP contribution in [0, 0.1) is 0 Å². The first-order valence-electron chi connectivity index (χ1n) is 15.0. The Morgan fingerprint density at radius 3 is 1.78 bits per heavy atom. The van der Waals surface area contributed by atoms with Gasteiger partial charge in [0.25, 0.3) is 0 Å². The van der Waals surface area contributed by atoms with E-state index in [9.17, 15) is 29.4 Å². The van der Waals surface area contributed by atoms with Crippen molar-refractivity contribution >= 4 is 45.5 Å². The maximum absolute atomic E-state index is 13.7. The summed E-state index contributed by atoms with van der Waals surface area (Å²) in [4.78, 5) is 58.6. The second-order valence-corrected chi connectivity index (χ2v) is 11.2. The van der Waals surface area contributed by atoms with E-state index < -0.39 is 54.0 Å². The molecule has 2 aromatic heterocycles. The summed E-state index contributed by atoms with van der Waals surface area (Å²) in [5.41, 5.74) is 14.6. The number of aromatic nitrogens is 2. The summed E-state index contributed by atoms with van der Waals surface area (Å²) < 4.78 is 0. The van der Waals surface area contributed by atoms with Crippen LogP contribution in [0.25, 0.3) is 21.8 Å². The van der Waals surface area contributed by atoms with E-state index in [1.54, 1.807) is 12.4 Å². The molecule has 2 aromatic carbocycles. The second kappa shape index (κ2) is 15.3. The lowest BCUT2D eigenvalue weighted by atomic mass is 10.0. The summed E-state index contributed by atoms with van der Waals surface area (Å²) in [6.07, 6.45) is 3.62. The molecule has 0 fully saturated rings. The lowest BCUT2D eigenvalue weighted by molar-refractivity contribution is -0.142. The molecule has 2 heterocycles. The van der Waals surface area contributed by atoms with Crippen LogP contribution in [0.4, 0.5) is 0 Å². The van der Waals surface area contributed by atoms with Crippen molar-refractivity contribution in [3.63, 3.8) is 0 Å². The van der Waals surface area contributed by atoms with Crippen LogP contribution in [0.2, 0.25) is 0 Å². The van der Waals surface area contributed by atoms with Crippen LogP contribution in [-0.2, 0) is 32.0 Å². The molecule has 0 spiro atoms. The zero-order chi connectivity index (χ0) is 32.5. The number of H-pyrrole nitrogens is 2. The standard InChI is InChI=1S/C32H41N7O6/c1-18(40)28(34)31(43)38-26(14-19-16-35-23-10-4-2-8-21(19)23)30(42)37-25(12-6-7-13-33)29(41)39-27(32(44)45)15-20-17-36-24-11-5-3-9-22(20)24/h2-5,8-11,16-18,25-28,35-36,40H,6-7,12-15,33-34H2,1H3,(H,37,42)(H,38,43)(H,39,41)(H,44,45). The Kier molecular flexibility index (Phi) is 11.3. The Hall–Kier alpha value is -4.72. The lowest BCUT2D eigenvalue weighted by Gasteiger charge is -2.25. The average molecular weight is 620 g/mol. The third kappa shape index (κ3) is 8.47. The average Bonchev–Trinajstić information content (AvgIpc) is 3.63. The molecule has 240 valence electrons. The molecule has 0 aliphatic heterocycles. The Labute approximate surface area is 260 Å². The van der Waals surface area contributed by atoms with Crippen LogP contribution in [0.3, 0.4) is 0 Å². The number of carbonyl (C=O) groups excluding carboxylic acids is 3. The molecule has 3 amide bonds. The molecule has 5 atom stereocenters. The number of nitrogens with two attached hydrogens (primary N) is 2. The maximum Gasteiger partial charge on any atom is 0.326 e. The van der Waals surface area contributed by atoms with Gasteiger partial charge in [-0.2, -0.15) is 0 Å². The molecule has 4 aromatic rings. The summed E-state index contributed by atoms with van der Waals surface area (Å²) in [5, 5.41) is 29.5. The van der Waals surface area contributed by atoms with Crippen molar-refractivity contribution in [2.75, 3.05) is 6.54 Å². The summed E-state index contributed by atoms with van der Waals surface area (Å²) in [5.74, 6) is -3.30. The summed E-state index contributed by atoms with van der Waals surface area (Å²) in [6, 6.07) is 10.1. The molecule has 0 bridgehead atoms. The predicted octanol–water partition coefficient (Wildman–Crippen LogP) is 0.811. The van der Waals surface area contributed by atoms with E-state index in [0.717, 1.165) is 32.9 Å². The highest BCUT2D eigenvalue weighted by Crippen LogP contribution is 2.21. The largest absolute Gasteiger partial charge is 0.480 e. The van der Waals surface area contributed by atoms with E-state index >= 15 is 0 Å². The van der Waals surface area contributed by atoms with Crippen LogP contribution >= 0.6 is 0 Å². The van der Waals surface area contributed by atoms with Gasteiger partial charge in [-0.1, -0.05) is 36.4 Å². The van der Waals surface area contributed by atoms with Gasteiger partial charge in [0, 0.05) is 47.0 Å². The number of aliphatic hydroxyl groups excluding tert-OH is 1. The molecular weight excluding hydrogens is 578 g/mol. The first kappa shape index (κ1) is 33.2. The van der Waals surface area contributed by atoms with E-state index in [2.05, 4.69) is 25.9 Å². The minimum atomic E-state index is -1.28. The number of fused-ring (bicyclic) bond motifs is 2. The van der Waals surface area contributed by atoms with Crippen molar-refractivity contribution in [1.29, 1.82) is 0 Å². The van der Waals surface area contributed by atoms with Gasteiger partial charge >= 0.3 is 5.97 Å². The number of aliphatic carboxylic acids is 1. The maximum atomic E-state index is 13.7. The number of hydrogen-bond acceptors (Lipinski definition) is 7. The minimum absolute atomic E-state index is 0.0189. The van der Waals surface area contributed by atoms with E-state index in [4.69, 9.17) is 11.5 Å². The number of unbranched alkanes of at least 4 members (excludes halogenated alkanes) is 1. The molecule has 4 rings (SSSR count). The highest BCUT2D eigenvalue weighted by Gasteiger charge is 2.32. The van der Waals surface area contributed by atoms with Gasteiger partial charge in [-0.25, -0.2) is 4.79 Å². The molecule has 0 saturated carbocycles. The van der Waals surface area contributed by atoms with Gasteiger partial charge in [-0.05, 0) is 56.0 Å². The first-order valence-corrected chi connectivity index (χ1v) is 15.0. The number of rotatable bonds is 16. The molecular formula is C32H41N7O6. The SMILES string of the molecule is CC(O)C(N)C(=O)NC(Cc1c[nH]c2ccccc12)C(=O)NC(CCCCN)C(=O)NC(Cc1c[nH]c2ccccc12)C(=O)O. The van der Waals surface area contributed by atoms with Crippen LogP contribution in [-0.4, -0.2) is 80.7 Å². The molecule has 0 saturated heterocycles. The van der Waals surface area contributed by atoms with Crippen LogP contribution in [0.5, 0.6) is 0 Å². The number of aromatic amines is 2. The molecule has 0 radical (unpaired) electrons. The van der Waals surface area contributed by atoms with E-state index in [0.29, 0.717) is 19.4 Å². The fourth-order valence-corrected chi connectivity index (χ4v) is 5.24. The third-order valence-electron chi connectivity index (χ3n) is 7.85. The van der Waals surface area contributed by atoms with Gasteiger partial charge in [0.2, 0.25) is 17.7 Å². The number of carbonyl (C=O) groups is 4. The second-order valence-electron chi connectivity index (χ2n) is 11.2. The summed E-state index contributed by atoms with van der Waals surface area (Å²) in [7, 11) is 0. The van der Waals surface area contributed by atoms with Gasteiger partial charge in [0.05, 0.1) is 6.10 Å². The van der Waals surface area contributed by atoms with Crippen molar-refractivity contribution in [1.82, 2.24) is 25.9 Å². The summed E-state index contributed by atoms with van der Waals surface area (Å²) in [6.45, 7) is 1.74. The number of benzene rings is 2. The highest BCUT2D eigenvalue weighted by atomic mass is 16.4. The van der Waals surface area contributed by atoms with Gasteiger partial charge in [0.1, 0.15) is 24.2 Å². The molecule has 13 nitrogen and oxygen atoms in total. The van der Waals surface area contributed by atoms with Crippen LogP contribution in [0.1, 0.15) is 37.3 Å². The summed E-state index contributed by atoms with van der Waals surface area (Å²) >= 11 is 0. The van der Waals surface area contributed by atoms with Crippen LogP contribution in [0.15, 0.2) is 60.9 Å². The minimum Gasteiger partial charge on any atom is -0.480 e. The topological polar surface area (TPSA) is 228 Å². The van der Waals surface area contributed by atoms with E-state index in [1.807, 2.05) is 48.5 Å². The smallest absolute Gasteiger partial charge is 0.326 e. The van der Waals surface area contributed by atoms with Crippen molar-refractivity contribution in [3.05, 3.63) is 72.1 Å². The molecule has 13 heteroatoms. The monoisotopic (exact) mass is 619 g/mol. The number of carboxylic acid groups (broad SMARTS) is 1. The highest BCUT2D eigenvalue weighted by molar-refractivity contribution is 5.95. The molecule has 0 aliphatic rings. The number of nitrogens with one attached hydrogen (secondary N) is 5. The normalized spacial score (nSPS) is 14.8. The number of hydrogen-bond donors (Lipinski definition) is 9. The Balaban J connectivity index is 1.54.